The Labute approximate surface area is 111 Å². The summed E-state index contributed by atoms with van der Waals surface area (Å²) in [5, 5.41) is 2.83. The fourth-order valence-electron chi connectivity index (χ4n) is 2.36. The van der Waals surface area contributed by atoms with Crippen LogP contribution < -0.4 is 16.0 Å². The second kappa shape index (κ2) is 4.31. The standard InChI is InChI=1S/C15H15N3O/c1-18(14-5-3-2-4-12(14)16)11-6-7-13-10(8-11)9-15(19)17-13/h2-8H,9,16H2,1H3,(H,17,19). The van der Waals surface area contributed by atoms with E-state index < -0.39 is 0 Å². The Balaban J connectivity index is 1.97. The minimum Gasteiger partial charge on any atom is -0.397 e. The van der Waals surface area contributed by atoms with Crippen molar-refractivity contribution in [3.8, 4) is 0 Å². The third kappa shape index (κ3) is 2.01. The first-order valence-electron chi connectivity index (χ1n) is 6.16. The van der Waals surface area contributed by atoms with Crippen LogP contribution in [0.2, 0.25) is 0 Å². The van der Waals surface area contributed by atoms with Gasteiger partial charge in [0.1, 0.15) is 0 Å². The zero-order valence-corrected chi connectivity index (χ0v) is 10.7. The van der Waals surface area contributed by atoms with Gasteiger partial charge in [-0.1, -0.05) is 12.1 Å². The Morgan fingerprint density at radius 3 is 2.79 bits per heavy atom. The Morgan fingerprint density at radius 2 is 2.00 bits per heavy atom. The first kappa shape index (κ1) is 11.6. The number of nitrogens with two attached hydrogens (primary N) is 1. The summed E-state index contributed by atoms with van der Waals surface area (Å²) in [6.07, 6.45) is 0.446. The number of hydrogen-bond donors (Lipinski definition) is 2. The van der Waals surface area contributed by atoms with E-state index in [9.17, 15) is 4.79 Å². The number of rotatable bonds is 2. The average molecular weight is 253 g/mol. The van der Waals surface area contributed by atoms with Crippen molar-refractivity contribution in [1.29, 1.82) is 0 Å². The van der Waals surface area contributed by atoms with Gasteiger partial charge in [0.15, 0.2) is 0 Å². The molecule has 0 spiro atoms. The maximum Gasteiger partial charge on any atom is 0.228 e. The number of fused-ring (bicyclic) bond motifs is 1. The molecule has 1 amide bonds. The second-order valence-corrected chi connectivity index (χ2v) is 4.68. The van der Waals surface area contributed by atoms with Crippen molar-refractivity contribution >= 4 is 28.7 Å². The van der Waals surface area contributed by atoms with Crippen molar-refractivity contribution in [3.63, 3.8) is 0 Å². The van der Waals surface area contributed by atoms with E-state index in [1.807, 2.05) is 54.4 Å². The van der Waals surface area contributed by atoms with Crippen LogP contribution in [-0.4, -0.2) is 13.0 Å². The molecule has 0 aromatic heterocycles. The molecule has 96 valence electrons. The zero-order chi connectivity index (χ0) is 13.4. The number of nitrogens with zero attached hydrogens (tertiary/aromatic N) is 1. The number of nitrogen functional groups attached to an aromatic ring is 1. The Morgan fingerprint density at radius 1 is 1.21 bits per heavy atom. The second-order valence-electron chi connectivity index (χ2n) is 4.68. The molecule has 0 saturated heterocycles. The SMILES string of the molecule is CN(c1ccc2c(c1)CC(=O)N2)c1ccccc1N. The summed E-state index contributed by atoms with van der Waals surface area (Å²) in [6, 6.07) is 13.7. The zero-order valence-electron chi connectivity index (χ0n) is 10.7. The molecule has 0 unspecified atom stereocenters. The molecule has 2 aromatic rings. The molecule has 1 aliphatic heterocycles. The van der Waals surface area contributed by atoms with Crippen LogP contribution in [0.4, 0.5) is 22.7 Å². The summed E-state index contributed by atoms with van der Waals surface area (Å²) >= 11 is 0. The predicted molar refractivity (Wildman–Crippen MR) is 77.7 cm³/mol. The van der Waals surface area contributed by atoms with Crippen LogP contribution in [0.1, 0.15) is 5.56 Å². The van der Waals surface area contributed by atoms with Crippen molar-refractivity contribution in [1.82, 2.24) is 0 Å². The van der Waals surface area contributed by atoms with E-state index in [1.54, 1.807) is 0 Å². The molecule has 0 fully saturated rings. The molecule has 3 rings (SSSR count). The third-order valence-corrected chi connectivity index (χ3v) is 3.40. The number of benzene rings is 2. The molecule has 0 aliphatic carbocycles. The Bertz CT molecular complexity index is 652. The quantitative estimate of drug-likeness (QED) is 0.809. The highest BCUT2D eigenvalue weighted by atomic mass is 16.1. The van der Waals surface area contributed by atoms with Crippen LogP contribution in [0.25, 0.3) is 0 Å². The molecule has 0 atom stereocenters. The summed E-state index contributed by atoms with van der Waals surface area (Å²) < 4.78 is 0. The molecule has 4 nitrogen and oxygen atoms in total. The van der Waals surface area contributed by atoms with Gasteiger partial charge < -0.3 is 16.0 Å². The highest BCUT2D eigenvalue weighted by Crippen LogP contribution is 2.32. The maximum absolute atomic E-state index is 11.4. The van der Waals surface area contributed by atoms with Gasteiger partial charge in [-0.25, -0.2) is 0 Å². The smallest absolute Gasteiger partial charge is 0.228 e. The molecule has 4 heteroatoms. The van der Waals surface area contributed by atoms with Gasteiger partial charge in [-0.15, -0.1) is 0 Å². The molecule has 1 heterocycles. The number of anilines is 4. The van der Waals surface area contributed by atoms with Gasteiger partial charge in [-0.3, -0.25) is 4.79 Å². The van der Waals surface area contributed by atoms with Crippen LogP contribution in [0.3, 0.4) is 0 Å². The van der Waals surface area contributed by atoms with Gasteiger partial charge in [-0.05, 0) is 35.9 Å². The summed E-state index contributed by atoms with van der Waals surface area (Å²) in [5.41, 5.74) is 10.6. The number of nitrogens with one attached hydrogen (secondary N) is 1. The Kier molecular flexibility index (Phi) is 2.63. The van der Waals surface area contributed by atoms with Crippen LogP contribution in [0.15, 0.2) is 42.5 Å². The molecular weight excluding hydrogens is 238 g/mol. The van der Waals surface area contributed by atoms with Gasteiger partial charge in [0.2, 0.25) is 5.91 Å². The summed E-state index contributed by atoms with van der Waals surface area (Å²) in [7, 11) is 1.97. The van der Waals surface area contributed by atoms with Crippen molar-refractivity contribution in [2.45, 2.75) is 6.42 Å². The van der Waals surface area contributed by atoms with E-state index >= 15 is 0 Å². The average Bonchev–Trinajstić information content (AvgIpc) is 2.77. The van der Waals surface area contributed by atoms with Gasteiger partial charge >= 0.3 is 0 Å². The van der Waals surface area contributed by atoms with Crippen molar-refractivity contribution in [2.75, 3.05) is 23.0 Å². The van der Waals surface area contributed by atoms with E-state index in [0.717, 1.165) is 28.3 Å². The van der Waals surface area contributed by atoms with Crippen molar-refractivity contribution < 1.29 is 4.79 Å². The first-order valence-corrected chi connectivity index (χ1v) is 6.16. The van der Waals surface area contributed by atoms with E-state index in [0.29, 0.717) is 6.42 Å². The molecule has 0 saturated carbocycles. The van der Waals surface area contributed by atoms with Crippen LogP contribution in [0.5, 0.6) is 0 Å². The molecule has 0 radical (unpaired) electrons. The lowest BCUT2D eigenvalue weighted by molar-refractivity contribution is -0.115. The number of hydrogen-bond acceptors (Lipinski definition) is 3. The lowest BCUT2D eigenvalue weighted by atomic mass is 10.1. The summed E-state index contributed by atoms with van der Waals surface area (Å²) in [6.45, 7) is 0. The Hall–Kier alpha value is -2.49. The highest BCUT2D eigenvalue weighted by molar-refractivity contribution is 5.99. The van der Waals surface area contributed by atoms with E-state index in [2.05, 4.69) is 5.32 Å². The number of carbonyl (C=O) groups excluding carboxylic acids is 1. The van der Waals surface area contributed by atoms with E-state index in [1.165, 1.54) is 0 Å². The van der Waals surface area contributed by atoms with Crippen LogP contribution >= 0.6 is 0 Å². The fourth-order valence-corrected chi connectivity index (χ4v) is 2.36. The summed E-state index contributed by atoms with van der Waals surface area (Å²) in [4.78, 5) is 13.4. The lowest BCUT2D eigenvalue weighted by Gasteiger charge is -2.21. The minimum atomic E-state index is 0.0500. The molecule has 3 N–H and O–H groups in total. The fraction of sp³-hybridized carbons (Fsp3) is 0.133. The van der Waals surface area contributed by atoms with Gasteiger partial charge in [0.05, 0.1) is 17.8 Å². The lowest BCUT2D eigenvalue weighted by Crippen LogP contribution is -2.11. The first-order chi connectivity index (χ1) is 9.15. The monoisotopic (exact) mass is 253 g/mol. The molecule has 2 aromatic carbocycles. The molecular formula is C15H15N3O. The summed E-state index contributed by atoms with van der Waals surface area (Å²) in [5.74, 6) is 0.0500. The van der Waals surface area contributed by atoms with Gasteiger partial charge in [-0.2, -0.15) is 0 Å². The normalized spacial score (nSPS) is 13.0. The number of para-hydroxylation sites is 2. The largest absolute Gasteiger partial charge is 0.397 e. The third-order valence-electron chi connectivity index (χ3n) is 3.40. The molecule has 0 bridgehead atoms. The van der Waals surface area contributed by atoms with E-state index in [-0.39, 0.29) is 5.91 Å². The van der Waals surface area contributed by atoms with Gasteiger partial charge in [0, 0.05) is 18.4 Å². The highest BCUT2D eigenvalue weighted by Gasteiger charge is 2.18. The van der Waals surface area contributed by atoms with E-state index in [4.69, 9.17) is 5.73 Å². The van der Waals surface area contributed by atoms with Gasteiger partial charge in [0.25, 0.3) is 0 Å². The topological polar surface area (TPSA) is 58.4 Å². The number of carbonyl (C=O) groups is 1. The van der Waals surface area contributed by atoms with Crippen LogP contribution in [0, 0.1) is 0 Å². The van der Waals surface area contributed by atoms with Crippen molar-refractivity contribution in [2.24, 2.45) is 0 Å². The molecule has 19 heavy (non-hydrogen) atoms. The van der Waals surface area contributed by atoms with Crippen molar-refractivity contribution in [3.05, 3.63) is 48.0 Å². The molecule has 1 aliphatic rings. The van der Waals surface area contributed by atoms with Crippen LogP contribution in [-0.2, 0) is 11.2 Å². The maximum atomic E-state index is 11.4. The minimum absolute atomic E-state index is 0.0500. The predicted octanol–water partition coefficient (Wildman–Crippen LogP) is 2.53. The number of amides is 1.